The van der Waals surface area contributed by atoms with Crippen LogP contribution in [0.15, 0.2) is 60.7 Å². The third-order valence-electron chi connectivity index (χ3n) is 7.13. The lowest BCUT2D eigenvalue weighted by Gasteiger charge is -2.34. The van der Waals surface area contributed by atoms with Gasteiger partial charge in [-0.05, 0) is 66.6 Å². The van der Waals surface area contributed by atoms with Crippen molar-refractivity contribution in [1.29, 1.82) is 0 Å². The van der Waals surface area contributed by atoms with Gasteiger partial charge in [0.05, 0.1) is 24.1 Å². The van der Waals surface area contributed by atoms with Crippen molar-refractivity contribution in [2.75, 3.05) is 49.7 Å². The van der Waals surface area contributed by atoms with Gasteiger partial charge < -0.3 is 15.4 Å². The number of benzene rings is 2. The van der Waals surface area contributed by atoms with E-state index in [-0.39, 0.29) is 18.4 Å². The Hall–Kier alpha value is -4.23. The minimum Gasteiger partial charge on any atom is -0.477 e. The average molecular weight is 613 g/mol. The van der Waals surface area contributed by atoms with Crippen molar-refractivity contribution in [3.05, 3.63) is 83.4 Å². The molecule has 0 aliphatic carbocycles. The first kappa shape index (κ1) is 30.2. The minimum atomic E-state index is -3.20. The summed E-state index contributed by atoms with van der Waals surface area (Å²) in [4.78, 5) is 14.7. The van der Waals surface area contributed by atoms with E-state index in [1.807, 2.05) is 24.3 Å². The quantitative estimate of drug-likeness (QED) is 0.285. The summed E-state index contributed by atoms with van der Waals surface area (Å²) >= 11 is 0. The van der Waals surface area contributed by atoms with Gasteiger partial charge in [-0.15, -0.1) is 0 Å². The normalized spacial score (nSPS) is 14.3. The fourth-order valence-corrected chi connectivity index (χ4v) is 5.83. The number of alkyl halides is 2. The number of ether oxygens (including phenoxy) is 1. The molecule has 0 radical (unpaired) electrons. The summed E-state index contributed by atoms with van der Waals surface area (Å²) in [6, 6.07) is 16.4. The van der Waals surface area contributed by atoms with Crippen LogP contribution in [0.5, 0.6) is 5.88 Å². The number of hydrogen-bond acceptors (Lipinski definition) is 8. The summed E-state index contributed by atoms with van der Waals surface area (Å²) in [5.74, 6) is -0.415. The summed E-state index contributed by atoms with van der Waals surface area (Å²) in [5, 5.41) is 0. The van der Waals surface area contributed by atoms with Crippen molar-refractivity contribution in [3.8, 4) is 28.3 Å². The number of anilines is 2. The van der Waals surface area contributed by atoms with Gasteiger partial charge in [-0.25, -0.2) is 26.6 Å². The zero-order chi connectivity index (χ0) is 30.7. The first-order chi connectivity index (χ1) is 20.5. The van der Waals surface area contributed by atoms with Gasteiger partial charge >= 0.3 is 0 Å². The summed E-state index contributed by atoms with van der Waals surface area (Å²) in [7, 11) is -3.20. The van der Waals surface area contributed by atoms with Crippen LogP contribution in [0.4, 0.5) is 24.8 Å². The number of nitrogens with two attached hydrogens (primary N) is 1. The average Bonchev–Trinajstić information content (AvgIpc) is 2.97. The molecule has 1 aliphatic rings. The molecule has 0 bridgehead atoms. The number of piperazine rings is 1. The zero-order valence-corrected chi connectivity index (χ0v) is 24.5. The number of nitrogen functional groups attached to an aromatic ring is 1. The standard InChI is InChI=1S/C30H31F3N6O3S/c1-19-17-22(18-25(35-19)28(32)33)26-27(21-5-7-23(31)8-6-21)36-30(34)37-29(26)42-16-11-20-3-9-24(10-4-20)38-12-14-39(15-13-38)43(2,40)41/h3-10,17-18,28H,11-16H2,1-2H3,(H2,34,36,37). The number of aromatic nitrogens is 3. The Morgan fingerprint density at radius 1 is 0.930 bits per heavy atom. The molecule has 1 fully saturated rings. The first-order valence-corrected chi connectivity index (χ1v) is 15.4. The van der Waals surface area contributed by atoms with Crippen molar-refractivity contribution < 1.29 is 26.3 Å². The second kappa shape index (κ2) is 12.6. The second-order valence-electron chi connectivity index (χ2n) is 10.3. The Bertz CT molecular complexity index is 1700. The van der Waals surface area contributed by atoms with E-state index in [0.717, 1.165) is 11.3 Å². The molecule has 0 spiro atoms. The molecule has 3 heterocycles. The molecule has 4 aromatic rings. The molecule has 1 saturated heterocycles. The lowest BCUT2D eigenvalue weighted by molar-refractivity contribution is 0.146. The Morgan fingerprint density at radius 2 is 1.60 bits per heavy atom. The number of halogens is 3. The van der Waals surface area contributed by atoms with E-state index in [1.54, 1.807) is 13.0 Å². The van der Waals surface area contributed by atoms with E-state index < -0.39 is 28.0 Å². The van der Waals surface area contributed by atoms with E-state index in [4.69, 9.17) is 10.5 Å². The molecule has 43 heavy (non-hydrogen) atoms. The number of pyridine rings is 1. The minimum absolute atomic E-state index is 0.0849. The third kappa shape index (κ3) is 7.23. The molecular weight excluding hydrogens is 581 g/mol. The number of aryl methyl sites for hydroxylation is 1. The zero-order valence-electron chi connectivity index (χ0n) is 23.7. The molecule has 226 valence electrons. The van der Waals surface area contributed by atoms with E-state index in [1.165, 1.54) is 40.9 Å². The molecule has 0 atom stereocenters. The lowest BCUT2D eigenvalue weighted by atomic mass is 9.99. The number of nitrogens with zero attached hydrogens (tertiary/aromatic N) is 5. The van der Waals surface area contributed by atoms with Crippen LogP contribution in [0.25, 0.3) is 22.4 Å². The van der Waals surface area contributed by atoms with Crippen LogP contribution in [0, 0.1) is 12.7 Å². The highest BCUT2D eigenvalue weighted by Gasteiger charge is 2.24. The smallest absolute Gasteiger partial charge is 0.280 e. The molecule has 0 amide bonds. The van der Waals surface area contributed by atoms with Gasteiger partial charge in [-0.3, -0.25) is 4.98 Å². The SMILES string of the molecule is Cc1cc(-c2c(OCCc3ccc(N4CCN(S(C)(=O)=O)CC4)cc3)nc(N)nc2-c2ccc(F)cc2)cc(C(F)F)n1. The molecule has 2 aromatic heterocycles. The predicted molar refractivity (Wildman–Crippen MR) is 159 cm³/mol. The topological polar surface area (TPSA) is 115 Å². The molecular formula is C30H31F3N6O3S. The van der Waals surface area contributed by atoms with E-state index in [9.17, 15) is 21.6 Å². The largest absolute Gasteiger partial charge is 0.477 e. The highest BCUT2D eigenvalue weighted by molar-refractivity contribution is 7.88. The molecule has 5 rings (SSSR count). The van der Waals surface area contributed by atoms with Gasteiger partial charge in [0.1, 0.15) is 11.5 Å². The Kier molecular flexibility index (Phi) is 8.83. The molecule has 0 saturated carbocycles. The molecule has 2 aromatic carbocycles. The Labute approximate surface area is 248 Å². The van der Waals surface area contributed by atoms with Gasteiger partial charge in [0, 0.05) is 49.5 Å². The van der Waals surface area contributed by atoms with Gasteiger partial charge in [-0.1, -0.05) is 12.1 Å². The fourth-order valence-electron chi connectivity index (χ4n) is 5.01. The monoisotopic (exact) mass is 612 g/mol. The van der Waals surface area contributed by atoms with Crippen molar-refractivity contribution in [2.24, 2.45) is 0 Å². The van der Waals surface area contributed by atoms with Crippen LogP contribution < -0.4 is 15.4 Å². The maximum atomic E-state index is 13.7. The highest BCUT2D eigenvalue weighted by atomic mass is 32.2. The maximum Gasteiger partial charge on any atom is 0.280 e. The van der Waals surface area contributed by atoms with Crippen molar-refractivity contribution in [3.63, 3.8) is 0 Å². The number of sulfonamides is 1. The molecule has 13 heteroatoms. The lowest BCUT2D eigenvalue weighted by Crippen LogP contribution is -2.48. The summed E-state index contributed by atoms with van der Waals surface area (Å²) < 4.78 is 72.2. The maximum absolute atomic E-state index is 13.7. The van der Waals surface area contributed by atoms with Crippen LogP contribution in [0.1, 0.15) is 23.4 Å². The van der Waals surface area contributed by atoms with E-state index >= 15 is 0 Å². The fraction of sp³-hybridized carbons (Fsp3) is 0.300. The van der Waals surface area contributed by atoms with Crippen molar-refractivity contribution in [2.45, 2.75) is 19.8 Å². The molecule has 1 aliphatic heterocycles. The Morgan fingerprint density at radius 3 is 2.23 bits per heavy atom. The molecule has 2 N–H and O–H groups in total. The van der Waals surface area contributed by atoms with E-state index in [2.05, 4.69) is 19.9 Å². The van der Waals surface area contributed by atoms with Gasteiger partial charge in [0.2, 0.25) is 21.9 Å². The van der Waals surface area contributed by atoms with Crippen molar-refractivity contribution in [1.82, 2.24) is 19.3 Å². The number of hydrogen-bond donors (Lipinski definition) is 1. The first-order valence-electron chi connectivity index (χ1n) is 13.6. The highest BCUT2D eigenvalue weighted by Crippen LogP contribution is 2.39. The Balaban J connectivity index is 1.37. The van der Waals surface area contributed by atoms with Crippen molar-refractivity contribution >= 4 is 21.7 Å². The van der Waals surface area contributed by atoms with Crippen LogP contribution >= 0.6 is 0 Å². The second-order valence-corrected chi connectivity index (χ2v) is 12.2. The molecule has 9 nitrogen and oxygen atoms in total. The van der Waals surface area contributed by atoms with Gasteiger partial charge in [0.15, 0.2) is 0 Å². The van der Waals surface area contributed by atoms with E-state index in [0.29, 0.717) is 60.7 Å². The third-order valence-corrected chi connectivity index (χ3v) is 8.44. The summed E-state index contributed by atoms with van der Waals surface area (Å²) in [5.41, 5.74) is 9.53. The van der Waals surface area contributed by atoms with Gasteiger partial charge in [-0.2, -0.15) is 9.29 Å². The van der Waals surface area contributed by atoms with Crippen LogP contribution in [0.3, 0.4) is 0 Å². The van der Waals surface area contributed by atoms with Crippen LogP contribution in [-0.4, -0.2) is 66.7 Å². The van der Waals surface area contributed by atoms with Crippen LogP contribution in [0.2, 0.25) is 0 Å². The summed E-state index contributed by atoms with van der Waals surface area (Å²) in [6.45, 7) is 3.89. The molecule has 0 unspecified atom stereocenters. The predicted octanol–water partition coefficient (Wildman–Crippen LogP) is 4.88. The van der Waals surface area contributed by atoms with Gasteiger partial charge in [0.25, 0.3) is 6.43 Å². The number of rotatable bonds is 9. The van der Waals surface area contributed by atoms with Crippen LogP contribution in [-0.2, 0) is 16.4 Å². The summed E-state index contributed by atoms with van der Waals surface area (Å²) in [6.07, 6.45) is -1.06.